The number of hydrogen-bond acceptors (Lipinski definition) is 14. The van der Waals surface area contributed by atoms with E-state index in [2.05, 4.69) is 95.3 Å². The Morgan fingerprint density at radius 3 is 1.93 bits per heavy atom. The van der Waals surface area contributed by atoms with Gasteiger partial charge in [0.1, 0.15) is 42.2 Å². The van der Waals surface area contributed by atoms with E-state index in [9.17, 15) is 10.1 Å². The first kappa shape index (κ1) is 53.6. The summed E-state index contributed by atoms with van der Waals surface area (Å²) in [7, 11) is 0.656. The van der Waals surface area contributed by atoms with Crippen molar-refractivity contribution in [3.8, 4) is 17.6 Å². The van der Waals surface area contributed by atoms with Crippen molar-refractivity contribution in [3.05, 3.63) is 112 Å². The van der Waals surface area contributed by atoms with Crippen LogP contribution in [0.4, 0.5) is 5.95 Å². The number of anilines is 1. The predicted octanol–water partition coefficient (Wildman–Crippen LogP) is 10.3. The highest BCUT2D eigenvalue weighted by atomic mass is 31.2. The number of aromatic nitrogens is 4. The Bertz CT molecular complexity index is 2410. The number of nitrogens with one attached hydrogen (secondary N) is 2. The summed E-state index contributed by atoms with van der Waals surface area (Å²) >= 11 is 0. The van der Waals surface area contributed by atoms with Crippen LogP contribution in [0, 0.1) is 11.3 Å². The Kier molecular flexibility index (Phi) is 18.6. The van der Waals surface area contributed by atoms with Crippen molar-refractivity contribution in [1.29, 1.82) is 5.26 Å². The van der Waals surface area contributed by atoms with Crippen LogP contribution in [0.3, 0.4) is 0 Å². The molecule has 1 saturated heterocycles. The Morgan fingerprint density at radius 2 is 1.42 bits per heavy atom. The molecule has 3 aromatic carbocycles. The number of ether oxygens (including phenoxy) is 5. The average molecular weight is 986 g/mol. The summed E-state index contributed by atoms with van der Waals surface area (Å²) in [6, 6.07) is 28.0. The van der Waals surface area contributed by atoms with Crippen LogP contribution in [0.1, 0.15) is 98.6 Å². The van der Waals surface area contributed by atoms with Crippen LogP contribution in [0.15, 0.2) is 90.0 Å². The monoisotopic (exact) mass is 985 g/mol. The lowest BCUT2D eigenvalue weighted by Gasteiger charge is -2.42. The maximum absolute atomic E-state index is 13.4. The molecule has 5 aromatic rings. The van der Waals surface area contributed by atoms with Gasteiger partial charge in [-0.2, -0.15) is 10.2 Å². The van der Waals surface area contributed by atoms with E-state index in [1.807, 2.05) is 78.9 Å². The summed E-state index contributed by atoms with van der Waals surface area (Å²) < 4.78 is 58.0. The molecule has 1 unspecified atom stereocenters. The van der Waals surface area contributed by atoms with Crippen molar-refractivity contribution in [2.75, 3.05) is 46.6 Å². The second kappa shape index (κ2) is 23.9. The third kappa shape index (κ3) is 11.4. The molecule has 2 N–H and O–H groups in total. The van der Waals surface area contributed by atoms with Gasteiger partial charge in [0, 0.05) is 19.1 Å². The molecule has 3 heterocycles. The number of benzene rings is 3. The lowest BCUT2D eigenvalue weighted by molar-refractivity contribution is -0.113. The van der Waals surface area contributed by atoms with Gasteiger partial charge in [-0.25, -0.2) is 9.65 Å². The van der Waals surface area contributed by atoms with Gasteiger partial charge in [0.05, 0.1) is 46.3 Å². The molecule has 1 aliphatic heterocycles. The Hall–Kier alpha value is -4.73. The molecular formula is C51H72N7O9PSi. The third-order valence-electron chi connectivity index (χ3n) is 13.0. The number of hydrogen-bond donors (Lipinski definition) is 2. The average Bonchev–Trinajstić information content (AvgIpc) is 3.91. The van der Waals surface area contributed by atoms with E-state index in [-0.39, 0.29) is 72.2 Å². The molecule has 2 aromatic heterocycles. The molecule has 16 nitrogen and oxygen atoms in total. The van der Waals surface area contributed by atoms with Crippen LogP contribution in [-0.4, -0.2) is 104 Å². The minimum absolute atomic E-state index is 0.00665. The Morgan fingerprint density at radius 1 is 0.855 bits per heavy atom. The summed E-state index contributed by atoms with van der Waals surface area (Å²) in [4.78, 5) is 25.5. The maximum atomic E-state index is 13.4. The van der Waals surface area contributed by atoms with E-state index in [1.165, 1.54) is 0 Å². The van der Waals surface area contributed by atoms with Gasteiger partial charge in [-0.15, -0.1) is 0 Å². The van der Waals surface area contributed by atoms with Gasteiger partial charge < -0.3 is 42.5 Å². The van der Waals surface area contributed by atoms with Gasteiger partial charge in [-0.05, 0) is 85.3 Å². The van der Waals surface area contributed by atoms with Gasteiger partial charge in [0.2, 0.25) is 14.3 Å². The molecule has 0 amide bonds. The van der Waals surface area contributed by atoms with Gasteiger partial charge in [0.25, 0.3) is 14.1 Å². The Labute approximate surface area is 410 Å². The number of fused-ring (bicyclic) bond motifs is 1. The first-order chi connectivity index (χ1) is 33.1. The number of rotatable bonds is 25. The number of aromatic amines is 1. The first-order valence-corrected chi connectivity index (χ1v) is 27.1. The zero-order chi connectivity index (χ0) is 50.0. The largest absolute Gasteiger partial charge is 0.497 e. The van der Waals surface area contributed by atoms with Crippen molar-refractivity contribution in [3.63, 3.8) is 0 Å². The number of imidazole rings is 1. The SMILES string of the molecule is CNc1nc2c(ncn2[C@@H]2O[C@H](COC(c3ccccc3)(c3ccc(OC)cc3)c3ccc(OC)cc3)[C@@H](OP(OCCC#N)N(C(C)C)C(C)C)[C@H]2OCO[Si](C(C)C)(C(C)C)C(C)C)c(=O)[nH]1. The van der Waals surface area contributed by atoms with Crippen molar-refractivity contribution in [1.82, 2.24) is 24.2 Å². The van der Waals surface area contributed by atoms with E-state index in [0.717, 1.165) is 16.7 Å². The lowest BCUT2D eigenvalue weighted by Crippen LogP contribution is -2.49. The molecule has 6 rings (SSSR count). The molecule has 1 fully saturated rings. The standard InChI is InChI=1S/C51H72N7O9PSi/c1-33(2)58(34(3)4)68(64-29-17-28-52)67-45-43(30-63-51(38-18-15-14-16-19-38,39-20-24-41(60-12)25-21-39)40-22-26-42(61-13)27-23-40)66-49(57-31-54-44-47(57)55-50(53-11)56-48(44)59)46(45)62-32-65-69(35(5)6,36(7)8)37(9)10/h14-16,18-27,31,33-37,43,45-46,49H,17,29-30,32H2,1-13H3,(H2,53,55,56,59)/t43-,45-,46-,49-,68?/m1/s1. The van der Waals surface area contributed by atoms with E-state index < -0.39 is 52.5 Å². The van der Waals surface area contributed by atoms with Crippen LogP contribution in [-0.2, 0) is 33.3 Å². The number of nitriles is 1. The molecule has 0 aliphatic carbocycles. The molecule has 5 atom stereocenters. The predicted molar refractivity (Wildman–Crippen MR) is 272 cm³/mol. The quantitative estimate of drug-likeness (QED) is 0.0186. The number of nitrogens with zero attached hydrogens (tertiary/aromatic N) is 5. The zero-order valence-electron chi connectivity index (χ0n) is 42.5. The summed E-state index contributed by atoms with van der Waals surface area (Å²) in [5.74, 6) is 1.64. The molecule has 69 heavy (non-hydrogen) atoms. The van der Waals surface area contributed by atoms with E-state index in [0.29, 0.717) is 11.5 Å². The lowest BCUT2D eigenvalue weighted by atomic mass is 9.80. The number of methoxy groups -OCH3 is 2. The highest BCUT2D eigenvalue weighted by Gasteiger charge is 2.53. The van der Waals surface area contributed by atoms with Crippen molar-refractivity contribution < 1.29 is 37.2 Å². The van der Waals surface area contributed by atoms with Crippen LogP contribution >= 0.6 is 8.53 Å². The maximum Gasteiger partial charge on any atom is 0.280 e. The fourth-order valence-corrected chi connectivity index (χ4v) is 17.0. The number of H-pyrrole nitrogens is 1. The van der Waals surface area contributed by atoms with Crippen LogP contribution in [0.5, 0.6) is 11.5 Å². The molecule has 0 spiro atoms. The van der Waals surface area contributed by atoms with Gasteiger partial charge in [0.15, 0.2) is 17.4 Å². The molecule has 0 radical (unpaired) electrons. The molecule has 18 heteroatoms. The minimum atomic E-state index is -2.45. The molecule has 374 valence electrons. The van der Waals surface area contributed by atoms with Crippen molar-refractivity contribution in [2.24, 2.45) is 0 Å². The molecule has 0 saturated carbocycles. The molecular weight excluding hydrogens is 914 g/mol. The zero-order valence-corrected chi connectivity index (χ0v) is 44.4. The van der Waals surface area contributed by atoms with E-state index >= 15 is 0 Å². The van der Waals surface area contributed by atoms with Crippen LogP contribution in [0.25, 0.3) is 11.2 Å². The van der Waals surface area contributed by atoms with Gasteiger partial charge in [-0.3, -0.25) is 14.3 Å². The topological polar surface area (TPSA) is 176 Å². The molecule has 1 aliphatic rings. The Balaban J connectivity index is 1.56. The smallest absolute Gasteiger partial charge is 0.280 e. The van der Waals surface area contributed by atoms with Crippen LogP contribution in [0.2, 0.25) is 16.6 Å². The summed E-state index contributed by atoms with van der Waals surface area (Å²) in [6.45, 7) is 21.8. The van der Waals surface area contributed by atoms with E-state index in [4.69, 9.17) is 42.1 Å². The minimum Gasteiger partial charge on any atom is -0.497 e. The normalized spacial score (nSPS) is 18.3. The first-order valence-electron chi connectivity index (χ1n) is 23.9. The highest BCUT2D eigenvalue weighted by Crippen LogP contribution is 2.52. The summed E-state index contributed by atoms with van der Waals surface area (Å²) in [5, 5.41) is 12.6. The fraction of sp³-hybridized carbons (Fsp3) is 0.529. The third-order valence-corrected chi connectivity index (χ3v) is 21.2. The van der Waals surface area contributed by atoms with Gasteiger partial charge >= 0.3 is 0 Å². The molecule has 0 bridgehead atoms. The van der Waals surface area contributed by atoms with Gasteiger partial charge in [-0.1, -0.05) is 96.1 Å². The van der Waals surface area contributed by atoms with Crippen molar-refractivity contribution in [2.45, 2.75) is 135 Å². The van der Waals surface area contributed by atoms with Crippen LogP contribution < -0.4 is 20.3 Å². The second-order valence-corrected chi connectivity index (χ2v) is 25.6. The summed E-state index contributed by atoms with van der Waals surface area (Å²) in [5.41, 5.74) is 2.17. The second-order valence-electron chi connectivity index (χ2n) is 18.7. The van der Waals surface area contributed by atoms with Crippen molar-refractivity contribution >= 4 is 34.0 Å². The highest BCUT2D eigenvalue weighted by molar-refractivity contribution is 7.44. The summed E-state index contributed by atoms with van der Waals surface area (Å²) in [6.07, 6.45) is -1.87. The van der Waals surface area contributed by atoms with E-state index in [1.54, 1.807) is 32.2 Å². The fourth-order valence-electron chi connectivity index (χ4n) is 10.00.